The van der Waals surface area contributed by atoms with Gasteiger partial charge in [0.05, 0.1) is 18.4 Å². The fraction of sp³-hybridized carbons (Fsp3) is 0.600. The Hall–Kier alpha value is -1.10. The lowest BCUT2D eigenvalue weighted by Gasteiger charge is -2.35. The predicted octanol–water partition coefficient (Wildman–Crippen LogP) is 3.43. The van der Waals surface area contributed by atoms with Gasteiger partial charge in [-0.05, 0) is 34.2 Å². The van der Waals surface area contributed by atoms with E-state index in [2.05, 4.69) is 46.8 Å². The maximum Gasteiger partial charge on any atom is 0.283 e. The van der Waals surface area contributed by atoms with E-state index >= 15 is 0 Å². The molecule has 20 heavy (non-hydrogen) atoms. The molecule has 3 atom stereocenters. The third kappa shape index (κ3) is 3.14. The van der Waals surface area contributed by atoms with E-state index in [1.807, 2.05) is 0 Å². The topological polar surface area (TPSA) is 46.9 Å². The zero-order valence-electron chi connectivity index (χ0n) is 12.1. The molecule has 0 amide bonds. The van der Waals surface area contributed by atoms with Crippen molar-refractivity contribution in [2.45, 2.75) is 45.7 Å². The lowest BCUT2D eigenvalue weighted by Crippen LogP contribution is -2.36. The fourth-order valence-electron chi connectivity index (χ4n) is 2.80. The minimum Gasteiger partial charge on any atom is -0.380 e. The predicted molar refractivity (Wildman–Crippen MR) is 86.0 cm³/mol. The molecule has 1 aliphatic rings. The summed E-state index contributed by atoms with van der Waals surface area (Å²) in [4.78, 5) is 12.1. The fourth-order valence-corrected chi connectivity index (χ4v) is 3.22. The molecule has 0 spiro atoms. The van der Waals surface area contributed by atoms with E-state index in [0.29, 0.717) is 28.9 Å². The smallest absolute Gasteiger partial charge is 0.283 e. The van der Waals surface area contributed by atoms with Gasteiger partial charge in [0.1, 0.15) is 4.47 Å². The van der Waals surface area contributed by atoms with Crippen LogP contribution in [-0.2, 0) is 6.54 Å². The number of hydrogen-bond acceptors (Lipinski definition) is 3. The Kier molecular flexibility index (Phi) is 5.02. The van der Waals surface area contributed by atoms with Gasteiger partial charge in [-0.15, -0.1) is 6.58 Å². The van der Waals surface area contributed by atoms with Crippen molar-refractivity contribution in [3.63, 3.8) is 0 Å². The van der Waals surface area contributed by atoms with Crippen molar-refractivity contribution in [1.29, 1.82) is 0 Å². The minimum absolute atomic E-state index is 0.119. The Labute approximate surface area is 128 Å². The summed E-state index contributed by atoms with van der Waals surface area (Å²) in [5.74, 6) is 1.32. The summed E-state index contributed by atoms with van der Waals surface area (Å²) in [6, 6.07) is 0.409. The number of allylic oxidation sites excluding steroid dienone is 1. The van der Waals surface area contributed by atoms with Crippen LogP contribution in [0.3, 0.4) is 0 Å². The van der Waals surface area contributed by atoms with Crippen LogP contribution in [-0.4, -0.2) is 15.8 Å². The van der Waals surface area contributed by atoms with Gasteiger partial charge in [-0.25, -0.2) is 4.68 Å². The molecule has 0 bridgehead atoms. The molecule has 0 aromatic carbocycles. The molecular weight excluding hydrogens is 318 g/mol. The number of aromatic nitrogens is 2. The second-order valence-corrected chi connectivity index (χ2v) is 6.46. The molecule has 0 saturated heterocycles. The second-order valence-electron chi connectivity index (χ2n) is 5.67. The first-order valence-electron chi connectivity index (χ1n) is 7.17. The third-order valence-electron chi connectivity index (χ3n) is 4.33. The molecule has 0 aliphatic heterocycles. The van der Waals surface area contributed by atoms with Gasteiger partial charge in [0.25, 0.3) is 5.56 Å². The molecule has 1 aliphatic carbocycles. The summed E-state index contributed by atoms with van der Waals surface area (Å²) >= 11 is 3.39. The van der Waals surface area contributed by atoms with Crippen LogP contribution >= 0.6 is 15.9 Å². The van der Waals surface area contributed by atoms with Crippen molar-refractivity contribution in [3.8, 4) is 0 Å². The van der Waals surface area contributed by atoms with Gasteiger partial charge in [-0.2, -0.15) is 5.10 Å². The lowest BCUT2D eigenvalue weighted by molar-refractivity contribution is 0.253. The van der Waals surface area contributed by atoms with E-state index < -0.39 is 0 Å². The first-order chi connectivity index (χ1) is 9.54. The first kappa shape index (κ1) is 15.3. The minimum atomic E-state index is -0.119. The molecule has 5 heteroatoms. The van der Waals surface area contributed by atoms with Gasteiger partial charge in [0.2, 0.25) is 0 Å². The third-order valence-corrected chi connectivity index (χ3v) is 5.10. The standard InChI is InChI=1S/C15H22BrN3O/c1-4-8-19-15(20)14(16)13(9-17-19)18-12-7-5-6-10(2)11(12)3/h4,9-12,18H,1,5-8H2,2-3H3. The van der Waals surface area contributed by atoms with E-state index in [9.17, 15) is 4.79 Å². The summed E-state index contributed by atoms with van der Waals surface area (Å²) in [5, 5.41) is 7.67. The lowest BCUT2D eigenvalue weighted by atomic mass is 9.78. The highest BCUT2D eigenvalue weighted by molar-refractivity contribution is 9.10. The highest BCUT2D eigenvalue weighted by Crippen LogP contribution is 2.32. The van der Waals surface area contributed by atoms with Crippen LogP contribution < -0.4 is 10.9 Å². The Bertz CT molecular complexity index is 540. The summed E-state index contributed by atoms with van der Waals surface area (Å²) < 4.78 is 1.95. The SMILES string of the molecule is C=CCn1ncc(NC2CCCC(C)C2C)c(Br)c1=O. The van der Waals surface area contributed by atoms with Crippen molar-refractivity contribution in [2.24, 2.45) is 11.8 Å². The van der Waals surface area contributed by atoms with E-state index in [-0.39, 0.29) is 5.56 Å². The summed E-state index contributed by atoms with van der Waals surface area (Å²) in [6.45, 7) is 8.63. The molecule has 0 radical (unpaired) electrons. The number of halogens is 1. The Morgan fingerprint density at radius 3 is 3.00 bits per heavy atom. The molecule has 1 saturated carbocycles. The number of anilines is 1. The molecule has 3 unspecified atom stereocenters. The van der Waals surface area contributed by atoms with Crippen molar-refractivity contribution in [2.75, 3.05) is 5.32 Å². The molecule has 1 fully saturated rings. The van der Waals surface area contributed by atoms with E-state index in [0.717, 1.165) is 12.1 Å². The molecule has 4 nitrogen and oxygen atoms in total. The van der Waals surface area contributed by atoms with Crippen LogP contribution in [0.5, 0.6) is 0 Å². The second kappa shape index (κ2) is 6.57. The number of rotatable bonds is 4. The highest BCUT2D eigenvalue weighted by atomic mass is 79.9. The average molecular weight is 340 g/mol. The van der Waals surface area contributed by atoms with E-state index in [1.54, 1.807) is 12.3 Å². The van der Waals surface area contributed by atoms with Gasteiger partial charge < -0.3 is 5.32 Å². The Balaban J connectivity index is 2.19. The molecule has 2 rings (SSSR count). The van der Waals surface area contributed by atoms with Crippen molar-refractivity contribution >= 4 is 21.6 Å². The molecular formula is C15H22BrN3O. The molecule has 1 aromatic heterocycles. The summed E-state index contributed by atoms with van der Waals surface area (Å²) in [7, 11) is 0. The molecule has 1 heterocycles. The quantitative estimate of drug-likeness (QED) is 0.855. The van der Waals surface area contributed by atoms with E-state index in [1.165, 1.54) is 17.5 Å². The van der Waals surface area contributed by atoms with Gasteiger partial charge in [-0.3, -0.25) is 4.79 Å². The highest BCUT2D eigenvalue weighted by Gasteiger charge is 2.27. The Morgan fingerprint density at radius 1 is 1.55 bits per heavy atom. The van der Waals surface area contributed by atoms with Crippen LogP contribution in [0.4, 0.5) is 5.69 Å². The zero-order valence-corrected chi connectivity index (χ0v) is 13.7. The summed E-state index contributed by atoms with van der Waals surface area (Å²) in [6.07, 6.45) is 7.06. The number of nitrogens with one attached hydrogen (secondary N) is 1. The van der Waals surface area contributed by atoms with Crippen LogP contribution in [0.2, 0.25) is 0 Å². The normalized spacial score (nSPS) is 26.2. The summed E-state index contributed by atoms with van der Waals surface area (Å²) in [5.41, 5.74) is 0.674. The number of nitrogens with zero attached hydrogens (tertiary/aromatic N) is 2. The van der Waals surface area contributed by atoms with Gasteiger partial charge in [0, 0.05) is 6.04 Å². The monoisotopic (exact) mass is 339 g/mol. The van der Waals surface area contributed by atoms with Crippen LogP contribution in [0.25, 0.3) is 0 Å². The van der Waals surface area contributed by atoms with E-state index in [4.69, 9.17) is 0 Å². The van der Waals surface area contributed by atoms with Crippen LogP contribution in [0.15, 0.2) is 28.1 Å². The van der Waals surface area contributed by atoms with Gasteiger partial charge in [0.15, 0.2) is 0 Å². The zero-order chi connectivity index (χ0) is 14.7. The maximum absolute atomic E-state index is 12.1. The molecule has 1 N–H and O–H groups in total. The van der Waals surface area contributed by atoms with Gasteiger partial charge in [-0.1, -0.05) is 32.8 Å². The van der Waals surface area contributed by atoms with Crippen LogP contribution in [0.1, 0.15) is 33.1 Å². The van der Waals surface area contributed by atoms with Crippen LogP contribution in [0, 0.1) is 11.8 Å². The maximum atomic E-state index is 12.1. The average Bonchev–Trinajstić information content (AvgIpc) is 2.43. The molecule has 110 valence electrons. The number of hydrogen-bond donors (Lipinski definition) is 1. The van der Waals surface area contributed by atoms with Crippen molar-refractivity contribution < 1.29 is 0 Å². The molecule has 1 aromatic rings. The Morgan fingerprint density at radius 2 is 2.30 bits per heavy atom. The largest absolute Gasteiger partial charge is 0.380 e. The van der Waals surface area contributed by atoms with Crippen molar-refractivity contribution in [3.05, 3.63) is 33.7 Å². The van der Waals surface area contributed by atoms with Gasteiger partial charge >= 0.3 is 0 Å². The van der Waals surface area contributed by atoms with Crippen molar-refractivity contribution in [1.82, 2.24) is 9.78 Å². The first-order valence-corrected chi connectivity index (χ1v) is 7.97.